The van der Waals surface area contributed by atoms with E-state index in [1.165, 1.54) is 6.08 Å². The predicted octanol–water partition coefficient (Wildman–Crippen LogP) is 3.51. The molecule has 104 valence electrons. The number of halogens is 1. The van der Waals surface area contributed by atoms with Gasteiger partial charge in [-0.25, -0.2) is 4.79 Å². The number of nitrogens with zero attached hydrogens (tertiary/aromatic N) is 1. The highest BCUT2D eigenvalue weighted by Crippen LogP contribution is 2.48. The van der Waals surface area contributed by atoms with Gasteiger partial charge in [-0.05, 0) is 37.1 Å². The van der Waals surface area contributed by atoms with Gasteiger partial charge in [0.05, 0.1) is 12.7 Å². The summed E-state index contributed by atoms with van der Waals surface area (Å²) >= 11 is 5.90. The minimum absolute atomic E-state index is 0.0256. The van der Waals surface area contributed by atoms with Crippen LogP contribution >= 0.6 is 11.6 Å². The van der Waals surface area contributed by atoms with Gasteiger partial charge in [-0.1, -0.05) is 11.6 Å². The number of carboxylic acid groups (broad SMARTS) is 1. The number of carbonyl (C=O) groups is 1. The normalized spacial score (nSPS) is 15.8. The standard InChI is InChI=1S/C15H14ClNO3/c16-12-2-3-13(11(9-12)1-4-14(18)19)20-10-15(5-6-15)7-8-17/h1-4,9H,5-7,10H2,(H,18,19). The fourth-order valence-electron chi connectivity index (χ4n) is 1.89. The molecule has 2 rings (SSSR count). The molecule has 0 aromatic heterocycles. The number of hydrogen-bond acceptors (Lipinski definition) is 3. The van der Waals surface area contributed by atoms with Gasteiger partial charge in [-0.15, -0.1) is 0 Å². The summed E-state index contributed by atoms with van der Waals surface area (Å²) in [6.45, 7) is 0.468. The lowest BCUT2D eigenvalue weighted by Crippen LogP contribution is -2.12. The van der Waals surface area contributed by atoms with Crippen molar-refractivity contribution >= 4 is 23.6 Å². The van der Waals surface area contributed by atoms with Crippen LogP contribution in [0, 0.1) is 16.7 Å². The van der Waals surface area contributed by atoms with Crippen molar-refractivity contribution in [3.8, 4) is 11.8 Å². The van der Waals surface area contributed by atoms with Crippen LogP contribution in [0.2, 0.25) is 5.02 Å². The Kier molecular flexibility index (Phi) is 4.31. The Labute approximate surface area is 122 Å². The highest BCUT2D eigenvalue weighted by atomic mass is 35.5. The van der Waals surface area contributed by atoms with Crippen molar-refractivity contribution in [1.82, 2.24) is 0 Å². The van der Waals surface area contributed by atoms with Crippen molar-refractivity contribution < 1.29 is 14.6 Å². The molecule has 0 radical (unpaired) electrons. The molecule has 0 spiro atoms. The second kappa shape index (κ2) is 5.98. The molecule has 20 heavy (non-hydrogen) atoms. The summed E-state index contributed by atoms with van der Waals surface area (Å²) in [7, 11) is 0. The Morgan fingerprint density at radius 2 is 2.30 bits per heavy atom. The third kappa shape index (κ3) is 3.75. The van der Waals surface area contributed by atoms with Crippen molar-refractivity contribution in [3.05, 3.63) is 34.9 Å². The molecule has 1 fully saturated rings. The van der Waals surface area contributed by atoms with Gasteiger partial charge in [0.1, 0.15) is 5.75 Å². The lowest BCUT2D eigenvalue weighted by atomic mass is 10.1. The molecule has 0 saturated heterocycles. The van der Waals surface area contributed by atoms with Gasteiger partial charge < -0.3 is 9.84 Å². The van der Waals surface area contributed by atoms with Gasteiger partial charge in [0.15, 0.2) is 0 Å². The van der Waals surface area contributed by atoms with Gasteiger partial charge >= 0.3 is 5.97 Å². The van der Waals surface area contributed by atoms with Crippen molar-refractivity contribution in [2.75, 3.05) is 6.61 Å². The molecule has 5 heteroatoms. The number of nitriles is 1. The number of hydrogen-bond donors (Lipinski definition) is 1. The van der Waals surface area contributed by atoms with Crippen molar-refractivity contribution in [2.24, 2.45) is 5.41 Å². The van der Waals surface area contributed by atoms with Crippen molar-refractivity contribution in [2.45, 2.75) is 19.3 Å². The van der Waals surface area contributed by atoms with E-state index in [9.17, 15) is 4.79 Å². The van der Waals surface area contributed by atoms with Crippen LogP contribution in [0.4, 0.5) is 0 Å². The summed E-state index contributed by atoms with van der Waals surface area (Å²) in [4.78, 5) is 10.6. The van der Waals surface area contributed by atoms with Crippen LogP contribution in [0.3, 0.4) is 0 Å². The minimum atomic E-state index is -1.03. The highest BCUT2D eigenvalue weighted by Gasteiger charge is 2.43. The maximum absolute atomic E-state index is 10.6. The Morgan fingerprint density at radius 3 is 2.90 bits per heavy atom. The molecular formula is C15H14ClNO3. The summed E-state index contributed by atoms with van der Waals surface area (Å²) in [6, 6.07) is 7.24. The van der Waals surface area contributed by atoms with Crippen molar-refractivity contribution in [1.29, 1.82) is 5.26 Å². The lowest BCUT2D eigenvalue weighted by molar-refractivity contribution is -0.131. The summed E-state index contributed by atoms with van der Waals surface area (Å²) in [5.41, 5.74) is 0.593. The molecule has 0 atom stereocenters. The van der Waals surface area contributed by atoms with Gasteiger partial charge in [0.2, 0.25) is 0 Å². The first kappa shape index (κ1) is 14.4. The number of aliphatic carboxylic acids is 1. The minimum Gasteiger partial charge on any atom is -0.492 e. The third-order valence-corrected chi connectivity index (χ3v) is 3.56. The van der Waals surface area contributed by atoms with E-state index < -0.39 is 5.97 Å². The van der Waals surface area contributed by atoms with Crippen LogP contribution in [0.1, 0.15) is 24.8 Å². The average Bonchev–Trinajstić information content (AvgIpc) is 3.16. The largest absolute Gasteiger partial charge is 0.492 e. The van der Waals surface area contributed by atoms with Crippen LogP contribution in [0.25, 0.3) is 6.08 Å². The zero-order valence-corrected chi connectivity index (χ0v) is 11.6. The molecule has 0 unspecified atom stereocenters. The molecule has 1 aliphatic rings. The second-order valence-corrected chi connectivity index (χ2v) is 5.41. The quantitative estimate of drug-likeness (QED) is 0.814. The number of carboxylic acids is 1. The molecule has 1 aromatic rings. The van der Waals surface area contributed by atoms with Gasteiger partial charge in [-0.3, -0.25) is 0 Å². The van der Waals surface area contributed by atoms with E-state index in [2.05, 4.69) is 6.07 Å². The summed E-state index contributed by atoms with van der Waals surface area (Å²) in [6.07, 6.45) is 4.97. The topological polar surface area (TPSA) is 70.3 Å². The number of benzene rings is 1. The van der Waals surface area contributed by atoms with Crippen LogP contribution in [0.5, 0.6) is 5.75 Å². The molecule has 1 aliphatic carbocycles. The first-order chi connectivity index (χ1) is 9.54. The monoisotopic (exact) mass is 291 g/mol. The highest BCUT2D eigenvalue weighted by molar-refractivity contribution is 6.30. The number of ether oxygens (including phenoxy) is 1. The predicted molar refractivity (Wildman–Crippen MR) is 75.5 cm³/mol. The van der Waals surface area contributed by atoms with E-state index in [1.54, 1.807) is 18.2 Å². The average molecular weight is 292 g/mol. The van der Waals surface area contributed by atoms with E-state index in [0.717, 1.165) is 18.9 Å². The Morgan fingerprint density at radius 1 is 1.55 bits per heavy atom. The summed E-state index contributed by atoms with van der Waals surface area (Å²) in [5.74, 6) is -0.449. The molecule has 1 aromatic carbocycles. The van der Waals surface area contributed by atoms with Crippen LogP contribution < -0.4 is 4.74 Å². The van der Waals surface area contributed by atoms with E-state index >= 15 is 0 Å². The Bertz CT molecular complexity index is 585. The van der Waals surface area contributed by atoms with E-state index in [0.29, 0.717) is 29.4 Å². The zero-order chi connectivity index (χ0) is 14.6. The molecule has 1 saturated carbocycles. The summed E-state index contributed by atoms with van der Waals surface area (Å²) < 4.78 is 5.75. The van der Waals surface area contributed by atoms with Crippen LogP contribution in [0.15, 0.2) is 24.3 Å². The molecule has 0 amide bonds. The first-order valence-electron chi connectivity index (χ1n) is 6.25. The third-order valence-electron chi connectivity index (χ3n) is 3.32. The lowest BCUT2D eigenvalue weighted by Gasteiger charge is -2.14. The maximum atomic E-state index is 10.6. The molecule has 1 N–H and O–H groups in total. The Balaban J connectivity index is 2.11. The molecule has 0 bridgehead atoms. The molecular weight excluding hydrogens is 278 g/mol. The SMILES string of the molecule is N#CCC1(COc2ccc(Cl)cc2C=CC(=O)O)CC1. The van der Waals surface area contributed by atoms with Crippen LogP contribution in [-0.2, 0) is 4.79 Å². The Hall–Kier alpha value is -1.99. The fourth-order valence-corrected chi connectivity index (χ4v) is 2.07. The zero-order valence-electron chi connectivity index (χ0n) is 10.8. The van der Waals surface area contributed by atoms with Gasteiger partial charge in [0, 0.05) is 28.5 Å². The molecule has 4 nitrogen and oxygen atoms in total. The smallest absolute Gasteiger partial charge is 0.328 e. The van der Waals surface area contributed by atoms with E-state index in [4.69, 9.17) is 26.7 Å². The van der Waals surface area contributed by atoms with E-state index in [1.807, 2.05) is 0 Å². The first-order valence-corrected chi connectivity index (χ1v) is 6.63. The summed E-state index contributed by atoms with van der Waals surface area (Å²) in [5, 5.41) is 18.0. The van der Waals surface area contributed by atoms with Crippen molar-refractivity contribution in [3.63, 3.8) is 0 Å². The fraction of sp³-hybridized carbons (Fsp3) is 0.333. The van der Waals surface area contributed by atoms with Crippen LogP contribution in [-0.4, -0.2) is 17.7 Å². The maximum Gasteiger partial charge on any atom is 0.328 e. The number of rotatable bonds is 6. The van der Waals surface area contributed by atoms with Gasteiger partial charge in [-0.2, -0.15) is 5.26 Å². The van der Waals surface area contributed by atoms with E-state index in [-0.39, 0.29) is 5.41 Å². The van der Waals surface area contributed by atoms with Gasteiger partial charge in [0.25, 0.3) is 0 Å². The molecule has 0 aliphatic heterocycles. The second-order valence-electron chi connectivity index (χ2n) is 4.98. The molecule has 0 heterocycles.